The highest BCUT2D eigenvalue weighted by Crippen LogP contribution is 2.13. The first-order chi connectivity index (χ1) is 10.4. The number of hydrogen-bond donors (Lipinski definition) is 0. The van der Waals surface area contributed by atoms with Crippen LogP contribution in [0.1, 0.15) is 11.3 Å². The summed E-state index contributed by atoms with van der Waals surface area (Å²) in [7, 11) is -3.31. The van der Waals surface area contributed by atoms with Crippen molar-refractivity contribution in [3.63, 3.8) is 0 Å². The Balaban J connectivity index is 1.96. The van der Waals surface area contributed by atoms with Crippen LogP contribution in [-0.2, 0) is 16.6 Å². The van der Waals surface area contributed by atoms with Crippen molar-refractivity contribution in [2.24, 2.45) is 0 Å². The van der Waals surface area contributed by atoms with E-state index in [0.29, 0.717) is 12.3 Å². The number of nitrogens with zero attached hydrogens (tertiary/aromatic N) is 2. The molecule has 1 aromatic heterocycles. The van der Waals surface area contributed by atoms with Crippen LogP contribution in [0.2, 0.25) is 0 Å². The summed E-state index contributed by atoms with van der Waals surface area (Å²) in [6.45, 7) is 2.81. The van der Waals surface area contributed by atoms with Crippen molar-refractivity contribution in [3.05, 3.63) is 59.9 Å². The fraction of sp³-hybridized carbons (Fsp3) is 0.312. The van der Waals surface area contributed by atoms with Gasteiger partial charge in [0.25, 0.3) is 0 Å². The second-order valence-corrected chi connectivity index (χ2v) is 7.07. The summed E-state index contributed by atoms with van der Waals surface area (Å²) in [5.41, 5.74) is 1.81. The zero-order valence-corrected chi connectivity index (χ0v) is 13.6. The Morgan fingerprint density at radius 3 is 2.64 bits per heavy atom. The molecule has 0 N–H and O–H groups in total. The first-order valence-corrected chi connectivity index (χ1v) is 8.84. The highest BCUT2D eigenvalue weighted by molar-refractivity contribution is 7.88. The molecular weight excluding hydrogens is 300 g/mol. The number of aryl methyl sites for hydroxylation is 1. The molecule has 0 amide bonds. The van der Waals surface area contributed by atoms with Crippen molar-refractivity contribution in [2.45, 2.75) is 13.5 Å². The summed E-state index contributed by atoms with van der Waals surface area (Å²) in [6, 6.07) is 13.1. The maximum atomic E-state index is 11.9. The second kappa shape index (κ2) is 7.38. The number of aromatic nitrogens is 1. The molecule has 0 aliphatic carbocycles. The van der Waals surface area contributed by atoms with E-state index in [1.165, 1.54) is 10.6 Å². The zero-order chi connectivity index (χ0) is 16.0. The molecule has 0 unspecified atom stereocenters. The summed E-state index contributed by atoms with van der Waals surface area (Å²) in [5, 5.41) is 0. The van der Waals surface area contributed by atoms with Crippen LogP contribution in [0.3, 0.4) is 0 Å². The molecule has 1 aromatic carbocycles. The highest BCUT2D eigenvalue weighted by Gasteiger charge is 2.17. The van der Waals surface area contributed by atoms with Gasteiger partial charge in [-0.05, 0) is 36.8 Å². The van der Waals surface area contributed by atoms with Gasteiger partial charge in [-0.15, -0.1) is 0 Å². The van der Waals surface area contributed by atoms with E-state index >= 15 is 0 Å². The quantitative estimate of drug-likeness (QED) is 0.785. The van der Waals surface area contributed by atoms with Gasteiger partial charge in [0, 0.05) is 12.7 Å². The van der Waals surface area contributed by atoms with Gasteiger partial charge in [0.2, 0.25) is 10.0 Å². The number of benzene rings is 1. The third-order valence-corrected chi connectivity index (χ3v) is 4.38. The van der Waals surface area contributed by atoms with Gasteiger partial charge in [-0.2, -0.15) is 4.31 Å². The van der Waals surface area contributed by atoms with E-state index in [1.54, 1.807) is 18.3 Å². The minimum absolute atomic E-state index is 0.247. The predicted octanol–water partition coefficient (Wildman–Crippen LogP) is 2.23. The molecule has 0 bridgehead atoms. The lowest BCUT2D eigenvalue weighted by Gasteiger charge is -2.19. The fourth-order valence-electron chi connectivity index (χ4n) is 2.00. The standard InChI is InChI=1S/C16H20N2O3S/c1-14-6-5-8-16(12-14)21-11-10-18(22(2,19)20)13-15-7-3-4-9-17-15/h3-9,12H,10-11,13H2,1-2H3. The Kier molecular flexibility index (Phi) is 5.51. The molecule has 0 aliphatic heterocycles. The van der Waals surface area contributed by atoms with Gasteiger partial charge >= 0.3 is 0 Å². The maximum Gasteiger partial charge on any atom is 0.211 e. The zero-order valence-electron chi connectivity index (χ0n) is 12.8. The smallest absolute Gasteiger partial charge is 0.211 e. The van der Waals surface area contributed by atoms with Crippen molar-refractivity contribution >= 4 is 10.0 Å². The molecule has 2 rings (SSSR count). The van der Waals surface area contributed by atoms with Gasteiger partial charge in [-0.25, -0.2) is 8.42 Å². The number of rotatable bonds is 7. The molecule has 0 aliphatic rings. The van der Waals surface area contributed by atoms with Gasteiger partial charge in [-0.1, -0.05) is 18.2 Å². The molecule has 6 heteroatoms. The van der Waals surface area contributed by atoms with E-state index in [4.69, 9.17) is 4.74 Å². The van der Waals surface area contributed by atoms with Gasteiger partial charge in [-0.3, -0.25) is 4.98 Å². The average molecular weight is 320 g/mol. The number of hydrogen-bond acceptors (Lipinski definition) is 4. The van der Waals surface area contributed by atoms with Crippen molar-refractivity contribution in [1.29, 1.82) is 0 Å². The van der Waals surface area contributed by atoms with Crippen molar-refractivity contribution in [3.8, 4) is 5.75 Å². The molecule has 0 spiro atoms. The largest absolute Gasteiger partial charge is 0.492 e. The van der Waals surface area contributed by atoms with Crippen LogP contribution < -0.4 is 4.74 Å². The average Bonchev–Trinajstić information content (AvgIpc) is 2.46. The summed E-state index contributed by atoms with van der Waals surface area (Å²) < 4.78 is 30.7. The van der Waals surface area contributed by atoms with E-state index in [2.05, 4.69) is 4.98 Å². The van der Waals surface area contributed by atoms with E-state index in [9.17, 15) is 8.42 Å². The maximum absolute atomic E-state index is 11.9. The van der Waals surface area contributed by atoms with Crippen molar-refractivity contribution < 1.29 is 13.2 Å². The number of sulfonamides is 1. The van der Waals surface area contributed by atoms with Crippen LogP contribution in [0.15, 0.2) is 48.7 Å². The molecule has 5 nitrogen and oxygen atoms in total. The Morgan fingerprint density at radius 2 is 2.00 bits per heavy atom. The van der Waals surface area contributed by atoms with Crippen LogP contribution in [0.5, 0.6) is 5.75 Å². The van der Waals surface area contributed by atoms with Gasteiger partial charge in [0.15, 0.2) is 0 Å². The summed E-state index contributed by atoms with van der Waals surface area (Å²) in [5.74, 6) is 0.742. The molecular formula is C16H20N2O3S. The molecule has 22 heavy (non-hydrogen) atoms. The fourth-order valence-corrected chi connectivity index (χ4v) is 2.78. The first-order valence-electron chi connectivity index (χ1n) is 6.99. The number of ether oxygens (including phenoxy) is 1. The lowest BCUT2D eigenvalue weighted by Crippen LogP contribution is -2.33. The highest BCUT2D eigenvalue weighted by atomic mass is 32.2. The first kappa shape index (κ1) is 16.5. The molecule has 0 fully saturated rings. The summed E-state index contributed by atoms with van der Waals surface area (Å²) in [6.07, 6.45) is 2.85. The Morgan fingerprint density at radius 1 is 1.18 bits per heavy atom. The Labute approximate surface area is 131 Å². The van der Waals surface area contributed by atoms with Crippen LogP contribution in [-0.4, -0.2) is 37.1 Å². The van der Waals surface area contributed by atoms with E-state index in [0.717, 1.165) is 11.3 Å². The van der Waals surface area contributed by atoms with Gasteiger partial charge in [0.05, 0.1) is 18.5 Å². The van der Waals surface area contributed by atoms with Crippen LogP contribution >= 0.6 is 0 Å². The minimum Gasteiger partial charge on any atom is -0.492 e. The monoisotopic (exact) mass is 320 g/mol. The normalized spacial score (nSPS) is 11.6. The Hall–Kier alpha value is -1.92. The SMILES string of the molecule is Cc1cccc(OCCN(Cc2ccccn2)S(C)(=O)=O)c1. The molecule has 2 aromatic rings. The van der Waals surface area contributed by atoms with Crippen LogP contribution in [0.4, 0.5) is 0 Å². The van der Waals surface area contributed by atoms with E-state index in [1.807, 2.05) is 37.3 Å². The molecule has 0 atom stereocenters. The van der Waals surface area contributed by atoms with Gasteiger partial charge < -0.3 is 4.74 Å². The molecule has 1 heterocycles. The third kappa shape index (κ3) is 5.13. The van der Waals surface area contributed by atoms with Gasteiger partial charge in [0.1, 0.15) is 12.4 Å². The van der Waals surface area contributed by atoms with Crippen LogP contribution in [0, 0.1) is 6.92 Å². The molecule has 0 saturated heterocycles. The number of pyridine rings is 1. The van der Waals surface area contributed by atoms with E-state index < -0.39 is 10.0 Å². The second-order valence-electron chi connectivity index (χ2n) is 5.08. The van der Waals surface area contributed by atoms with Crippen LogP contribution in [0.25, 0.3) is 0 Å². The predicted molar refractivity (Wildman–Crippen MR) is 86.2 cm³/mol. The third-order valence-electron chi connectivity index (χ3n) is 3.13. The van der Waals surface area contributed by atoms with Crippen molar-refractivity contribution in [1.82, 2.24) is 9.29 Å². The minimum atomic E-state index is -3.31. The molecule has 118 valence electrons. The lowest BCUT2D eigenvalue weighted by atomic mass is 10.2. The molecule has 0 saturated carbocycles. The summed E-state index contributed by atoms with van der Waals surface area (Å²) >= 11 is 0. The molecule has 0 radical (unpaired) electrons. The topological polar surface area (TPSA) is 59.5 Å². The summed E-state index contributed by atoms with van der Waals surface area (Å²) in [4.78, 5) is 4.16. The lowest BCUT2D eigenvalue weighted by molar-refractivity contribution is 0.269. The Bertz CT molecular complexity index is 702. The van der Waals surface area contributed by atoms with E-state index in [-0.39, 0.29) is 13.1 Å². The van der Waals surface area contributed by atoms with Crippen molar-refractivity contribution in [2.75, 3.05) is 19.4 Å².